The second kappa shape index (κ2) is 3.38. The first kappa shape index (κ1) is 9.71. The highest BCUT2D eigenvalue weighted by molar-refractivity contribution is 6.14. The van der Waals surface area contributed by atoms with E-state index in [1.165, 1.54) is 6.08 Å². The van der Waals surface area contributed by atoms with Crippen molar-refractivity contribution in [2.24, 2.45) is 5.92 Å². The molecule has 0 bridgehead atoms. The summed E-state index contributed by atoms with van der Waals surface area (Å²) < 4.78 is 4.97. The maximum Gasteiger partial charge on any atom is 0.350 e. The molecule has 1 heterocycles. The quantitative estimate of drug-likeness (QED) is 0.520. The number of hydrogen-bond acceptors (Lipinski definition) is 3. The highest BCUT2D eigenvalue weighted by Crippen LogP contribution is 2.31. The molecular weight excluding hydrogens is 196 g/mol. The number of carbonyl (C=O) groups is 2. The molecule has 0 aromatic heterocycles. The van der Waals surface area contributed by atoms with Crippen LogP contribution in [0.3, 0.4) is 0 Å². The van der Waals surface area contributed by atoms with Gasteiger partial charge in [0.15, 0.2) is 0 Å². The van der Waals surface area contributed by atoms with Crippen LogP contribution in [0.15, 0.2) is 35.1 Å². The Bertz CT molecular complexity index is 426. The Balaban J connectivity index is 2.36. The smallest absolute Gasteiger partial charge is 0.350 e. The van der Waals surface area contributed by atoms with E-state index in [-0.39, 0.29) is 11.5 Å². The molecule has 0 aromatic rings. The molecule has 1 unspecified atom stereocenters. The molecule has 4 nitrogen and oxygen atoms in total. The number of aliphatic carboxylic acids is 1. The van der Waals surface area contributed by atoms with Crippen LogP contribution in [0.2, 0.25) is 0 Å². The number of ether oxygens (including phenoxy) is 1. The summed E-state index contributed by atoms with van der Waals surface area (Å²) in [6.07, 6.45) is 5.90. The highest BCUT2D eigenvalue weighted by atomic mass is 16.5. The summed E-state index contributed by atoms with van der Waals surface area (Å²) in [6, 6.07) is 0. The molecule has 0 fully saturated rings. The number of carboxylic acid groups (broad SMARTS) is 1. The summed E-state index contributed by atoms with van der Waals surface area (Å²) in [6.45, 7) is 1.91. The molecule has 2 rings (SSSR count). The van der Waals surface area contributed by atoms with Crippen molar-refractivity contribution in [1.29, 1.82) is 0 Å². The Hall–Kier alpha value is -1.84. The van der Waals surface area contributed by atoms with Crippen LogP contribution in [0.5, 0.6) is 0 Å². The van der Waals surface area contributed by atoms with Crippen LogP contribution in [0, 0.1) is 5.92 Å². The van der Waals surface area contributed by atoms with E-state index in [0.717, 1.165) is 5.57 Å². The number of carbonyl (C=O) groups excluding carboxylic acids is 1. The van der Waals surface area contributed by atoms with Crippen LogP contribution in [-0.2, 0) is 14.3 Å². The van der Waals surface area contributed by atoms with E-state index in [1.807, 2.05) is 13.0 Å². The lowest BCUT2D eigenvalue weighted by molar-refractivity contribution is -0.142. The molecule has 78 valence electrons. The van der Waals surface area contributed by atoms with Gasteiger partial charge in [0.25, 0.3) is 0 Å². The lowest BCUT2D eigenvalue weighted by Crippen LogP contribution is -2.24. The van der Waals surface area contributed by atoms with Gasteiger partial charge in [-0.15, -0.1) is 0 Å². The number of allylic oxidation sites excluding steroid dienone is 4. The zero-order valence-corrected chi connectivity index (χ0v) is 8.19. The third kappa shape index (κ3) is 1.70. The fraction of sp³-hybridized carbons (Fsp3) is 0.273. The molecule has 0 spiro atoms. The zero-order valence-electron chi connectivity index (χ0n) is 8.19. The van der Waals surface area contributed by atoms with Crippen LogP contribution in [-0.4, -0.2) is 17.0 Å². The monoisotopic (exact) mass is 206 g/mol. The van der Waals surface area contributed by atoms with E-state index < -0.39 is 11.9 Å². The zero-order chi connectivity index (χ0) is 11.0. The fourth-order valence-electron chi connectivity index (χ4n) is 1.66. The summed E-state index contributed by atoms with van der Waals surface area (Å²) in [5.41, 5.74) is 0.756. The van der Waals surface area contributed by atoms with E-state index >= 15 is 0 Å². The normalized spacial score (nSPS) is 24.5. The van der Waals surface area contributed by atoms with Crippen molar-refractivity contribution in [2.45, 2.75) is 13.3 Å². The minimum Gasteiger partial charge on any atom is -0.477 e. The average molecular weight is 206 g/mol. The molecule has 1 N–H and O–H groups in total. The van der Waals surface area contributed by atoms with Crippen molar-refractivity contribution in [1.82, 2.24) is 0 Å². The van der Waals surface area contributed by atoms with Crippen molar-refractivity contribution < 1.29 is 19.4 Å². The Kier molecular flexibility index (Phi) is 2.19. The van der Waals surface area contributed by atoms with Crippen molar-refractivity contribution in [3.05, 3.63) is 35.1 Å². The van der Waals surface area contributed by atoms with E-state index in [9.17, 15) is 9.59 Å². The predicted octanol–water partition coefficient (Wildman–Crippen LogP) is 1.40. The maximum absolute atomic E-state index is 11.3. The Morgan fingerprint density at radius 1 is 1.60 bits per heavy atom. The molecule has 0 saturated heterocycles. The second-order valence-corrected chi connectivity index (χ2v) is 3.61. The second-order valence-electron chi connectivity index (χ2n) is 3.61. The fourth-order valence-corrected chi connectivity index (χ4v) is 1.66. The standard InChI is InChI=1S/C11H10O4/c1-6-2-3-7-5-8(10(12)13)11(14)15-9(7)4-6/h2,4-5,7H,3H2,1H3,(H,12,13). The summed E-state index contributed by atoms with van der Waals surface area (Å²) in [5, 5.41) is 8.75. The van der Waals surface area contributed by atoms with E-state index in [0.29, 0.717) is 12.2 Å². The first-order chi connectivity index (χ1) is 7.08. The molecule has 0 radical (unpaired) electrons. The molecule has 1 atom stereocenters. The van der Waals surface area contributed by atoms with Crippen LogP contribution in [0.1, 0.15) is 13.3 Å². The van der Waals surface area contributed by atoms with Crippen molar-refractivity contribution >= 4 is 11.9 Å². The first-order valence-electron chi connectivity index (χ1n) is 4.63. The topological polar surface area (TPSA) is 63.6 Å². The summed E-state index contributed by atoms with van der Waals surface area (Å²) in [7, 11) is 0. The largest absolute Gasteiger partial charge is 0.477 e. The molecule has 15 heavy (non-hydrogen) atoms. The van der Waals surface area contributed by atoms with Gasteiger partial charge in [-0.05, 0) is 19.4 Å². The van der Waals surface area contributed by atoms with Gasteiger partial charge in [-0.2, -0.15) is 0 Å². The molecule has 1 aliphatic heterocycles. The van der Waals surface area contributed by atoms with Crippen LogP contribution < -0.4 is 0 Å². The van der Waals surface area contributed by atoms with Crippen molar-refractivity contribution in [3.63, 3.8) is 0 Å². The average Bonchev–Trinajstić information content (AvgIpc) is 2.15. The number of rotatable bonds is 1. The van der Waals surface area contributed by atoms with Gasteiger partial charge >= 0.3 is 11.9 Å². The number of carboxylic acids is 1. The Morgan fingerprint density at radius 2 is 2.33 bits per heavy atom. The van der Waals surface area contributed by atoms with Crippen LogP contribution >= 0.6 is 0 Å². The number of fused-ring (bicyclic) bond motifs is 1. The highest BCUT2D eigenvalue weighted by Gasteiger charge is 2.31. The third-order valence-electron chi connectivity index (χ3n) is 2.46. The third-order valence-corrected chi connectivity index (χ3v) is 2.46. The van der Waals surface area contributed by atoms with E-state index in [1.54, 1.807) is 6.08 Å². The number of esters is 1. The van der Waals surface area contributed by atoms with Gasteiger partial charge in [0.1, 0.15) is 11.3 Å². The van der Waals surface area contributed by atoms with Crippen LogP contribution in [0.25, 0.3) is 0 Å². The van der Waals surface area contributed by atoms with E-state index in [4.69, 9.17) is 9.84 Å². The van der Waals surface area contributed by atoms with Gasteiger partial charge in [0, 0.05) is 5.92 Å². The van der Waals surface area contributed by atoms with Crippen molar-refractivity contribution in [2.75, 3.05) is 0 Å². The van der Waals surface area contributed by atoms with Gasteiger partial charge < -0.3 is 9.84 Å². The lowest BCUT2D eigenvalue weighted by Gasteiger charge is -2.24. The van der Waals surface area contributed by atoms with Gasteiger partial charge in [0.05, 0.1) is 0 Å². The number of hydrogen-bond donors (Lipinski definition) is 1. The predicted molar refractivity (Wildman–Crippen MR) is 51.8 cm³/mol. The van der Waals surface area contributed by atoms with Gasteiger partial charge in [0.2, 0.25) is 0 Å². The first-order valence-corrected chi connectivity index (χ1v) is 4.63. The molecule has 4 heteroatoms. The molecule has 2 aliphatic rings. The molecular formula is C11H10O4. The molecule has 0 saturated carbocycles. The maximum atomic E-state index is 11.3. The van der Waals surface area contributed by atoms with E-state index in [2.05, 4.69) is 0 Å². The molecule has 0 amide bonds. The summed E-state index contributed by atoms with van der Waals surface area (Å²) in [4.78, 5) is 22.0. The molecule has 0 aromatic carbocycles. The minimum absolute atomic E-state index is 0.113. The molecule has 1 aliphatic carbocycles. The Morgan fingerprint density at radius 3 is 3.00 bits per heavy atom. The van der Waals surface area contributed by atoms with Gasteiger partial charge in [-0.3, -0.25) is 0 Å². The van der Waals surface area contributed by atoms with Gasteiger partial charge in [-0.25, -0.2) is 9.59 Å². The van der Waals surface area contributed by atoms with Crippen LogP contribution in [0.4, 0.5) is 0 Å². The minimum atomic E-state index is -1.23. The summed E-state index contributed by atoms with van der Waals surface area (Å²) in [5.74, 6) is -1.58. The van der Waals surface area contributed by atoms with Gasteiger partial charge in [-0.1, -0.05) is 17.7 Å². The Labute approximate surface area is 86.5 Å². The lowest BCUT2D eigenvalue weighted by atomic mass is 9.91. The summed E-state index contributed by atoms with van der Waals surface area (Å²) >= 11 is 0. The SMILES string of the molecule is CC1=CCC2C=C(C(=O)O)C(=O)OC2=C1. The van der Waals surface area contributed by atoms with Crippen molar-refractivity contribution in [3.8, 4) is 0 Å².